The second kappa shape index (κ2) is 10.7. The van der Waals surface area contributed by atoms with Crippen molar-refractivity contribution in [3.05, 3.63) is 41.9 Å². The SMILES string of the molecule is O=C(CN(CCN1CCOCC1)C(=O)COc1ccccc1)Nc1nccs1. The van der Waals surface area contributed by atoms with Gasteiger partial charge in [-0.2, -0.15) is 0 Å². The summed E-state index contributed by atoms with van der Waals surface area (Å²) in [6, 6.07) is 9.16. The van der Waals surface area contributed by atoms with Gasteiger partial charge in [-0.1, -0.05) is 18.2 Å². The molecule has 0 saturated carbocycles. The molecule has 1 fully saturated rings. The van der Waals surface area contributed by atoms with E-state index in [0.717, 1.165) is 13.1 Å². The first-order chi connectivity index (χ1) is 13.7. The molecule has 0 bridgehead atoms. The van der Waals surface area contributed by atoms with Crippen molar-refractivity contribution in [2.45, 2.75) is 0 Å². The van der Waals surface area contributed by atoms with Crippen molar-refractivity contribution in [1.29, 1.82) is 0 Å². The van der Waals surface area contributed by atoms with E-state index in [0.29, 0.717) is 37.2 Å². The fourth-order valence-corrected chi connectivity index (χ4v) is 3.29. The zero-order chi connectivity index (χ0) is 19.6. The van der Waals surface area contributed by atoms with Gasteiger partial charge in [0.2, 0.25) is 5.91 Å². The van der Waals surface area contributed by atoms with Crippen LogP contribution in [0.4, 0.5) is 5.13 Å². The molecule has 2 aromatic rings. The molecule has 2 heterocycles. The summed E-state index contributed by atoms with van der Waals surface area (Å²) in [6.07, 6.45) is 1.62. The van der Waals surface area contributed by atoms with Gasteiger partial charge in [-0.05, 0) is 12.1 Å². The third-order valence-corrected chi connectivity index (χ3v) is 4.95. The van der Waals surface area contributed by atoms with E-state index in [4.69, 9.17) is 9.47 Å². The molecule has 3 rings (SSSR count). The molecule has 0 radical (unpaired) electrons. The van der Waals surface area contributed by atoms with Crippen LogP contribution in [0.5, 0.6) is 5.75 Å². The third kappa shape index (κ3) is 6.59. The minimum Gasteiger partial charge on any atom is -0.484 e. The van der Waals surface area contributed by atoms with E-state index < -0.39 is 0 Å². The second-order valence-corrected chi connectivity index (χ2v) is 7.15. The summed E-state index contributed by atoms with van der Waals surface area (Å²) in [5, 5.41) is 5.02. The molecule has 8 nitrogen and oxygen atoms in total. The van der Waals surface area contributed by atoms with Gasteiger partial charge >= 0.3 is 0 Å². The van der Waals surface area contributed by atoms with Crippen LogP contribution in [0.3, 0.4) is 0 Å². The number of carbonyl (C=O) groups is 2. The number of para-hydroxylation sites is 1. The fourth-order valence-electron chi connectivity index (χ4n) is 2.75. The highest BCUT2D eigenvalue weighted by atomic mass is 32.1. The van der Waals surface area contributed by atoms with Crippen LogP contribution in [-0.4, -0.2) is 79.1 Å². The number of aromatic nitrogens is 1. The number of hydrogen-bond acceptors (Lipinski definition) is 7. The van der Waals surface area contributed by atoms with Crippen LogP contribution in [0, 0.1) is 0 Å². The number of amides is 2. The van der Waals surface area contributed by atoms with E-state index in [1.807, 2.05) is 18.2 Å². The number of hydrogen-bond donors (Lipinski definition) is 1. The summed E-state index contributed by atoms with van der Waals surface area (Å²) >= 11 is 1.34. The lowest BCUT2D eigenvalue weighted by atomic mass is 10.3. The maximum absolute atomic E-state index is 12.7. The lowest BCUT2D eigenvalue weighted by Gasteiger charge is -2.29. The van der Waals surface area contributed by atoms with E-state index in [-0.39, 0.29) is 25.0 Å². The van der Waals surface area contributed by atoms with E-state index >= 15 is 0 Å². The standard InChI is InChI=1S/C19H24N4O4S/c24-17(21-19-20-6-13-28-19)14-23(8-7-22-9-11-26-12-10-22)18(25)15-27-16-4-2-1-3-5-16/h1-6,13H,7-12,14-15H2,(H,20,21,24). The molecular weight excluding hydrogens is 380 g/mol. The van der Waals surface area contributed by atoms with Crippen molar-refractivity contribution in [1.82, 2.24) is 14.8 Å². The van der Waals surface area contributed by atoms with Crippen molar-refractivity contribution in [3.8, 4) is 5.75 Å². The Morgan fingerprint density at radius 1 is 1.25 bits per heavy atom. The third-order valence-electron chi connectivity index (χ3n) is 4.26. The molecule has 1 aliphatic rings. The van der Waals surface area contributed by atoms with E-state index in [9.17, 15) is 9.59 Å². The maximum atomic E-state index is 12.7. The zero-order valence-electron chi connectivity index (χ0n) is 15.6. The quantitative estimate of drug-likeness (QED) is 0.679. The zero-order valence-corrected chi connectivity index (χ0v) is 16.4. The molecule has 0 aliphatic carbocycles. The van der Waals surface area contributed by atoms with Gasteiger partial charge in [-0.25, -0.2) is 4.98 Å². The lowest BCUT2D eigenvalue weighted by molar-refractivity contribution is -0.136. The number of rotatable bonds is 9. The van der Waals surface area contributed by atoms with Gasteiger partial charge in [0.15, 0.2) is 11.7 Å². The summed E-state index contributed by atoms with van der Waals surface area (Å²) in [5.41, 5.74) is 0. The maximum Gasteiger partial charge on any atom is 0.261 e. The van der Waals surface area contributed by atoms with Crippen LogP contribution in [-0.2, 0) is 14.3 Å². The Balaban J connectivity index is 1.55. The number of thiazole rings is 1. The topological polar surface area (TPSA) is 84.0 Å². The smallest absolute Gasteiger partial charge is 0.261 e. The van der Waals surface area contributed by atoms with E-state index in [1.54, 1.807) is 23.7 Å². The first kappa shape index (κ1) is 20.2. The minimum absolute atomic E-state index is 0.0408. The van der Waals surface area contributed by atoms with Gasteiger partial charge < -0.3 is 19.7 Å². The molecule has 1 N–H and O–H groups in total. The van der Waals surface area contributed by atoms with Crippen LogP contribution in [0.1, 0.15) is 0 Å². The van der Waals surface area contributed by atoms with Gasteiger partial charge in [0.05, 0.1) is 13.2 Å². The average Bonchev–Trinajstić information content (AvgIpc) is 3.23. The number of nitrogens with zero attached hydrogens (tertiary/aromatic N) is 3. The van der Waals surface area contributed by atoms with E-state index in [1.165, 1.54) is 16.2 Å². The summed E-state index contributed by atoms with van der Waals surface area (Å²) in [7, 11) is 0. The highest BCUT2D eigenvalue weighted by molar-refractivity contribution is 7.13. The largest absolute Gasteiger partial charge is 0.484 e. The molecule has 2 amide bonds. The number of nitrogens with one attached hydrogen (secondary N) is 1. The summed E-state index contributed by atoms with van der Waals surface area (Å²) in [6.45, 7) is 4.01. The van der Waals surface area contributed by atoms with Crippen molar-refractivity contribution >= 4 is 28.3 Å². The fraction of sp³-hybridized carbons (Fsp3) is 0.421. The van der Waals surface area contributed by atoms with Gasteiger partial charge in [-0.15, -0.1) is 11.3 Å². The normalized spacial score (nSPS) is 14.4. The van der Waals surface area contributed by atoms with Crippen LogP contribution < -0.4 is 10.1 Å². The molecule has 0 spiro atoms. The lowest BCUT2D eigenvalue weighted by Crippen LogP contribution is -2.46. The first-order valence-corrected chi connectivity index (χ1v) is 10.0. The highest BCUT2D eigenvalue weighted by Crippen LogP contribution is 2.11. The summed E-state index contributed by atoms with van der Waals surface area (Å²) < 4.78 is 10.9. The molecule has 9 heteroatoms. The molecule has 0 unspecified atom stereocenters. The van der Waals surface area contributed by atoms with Gasteiger partial charge in [0.1, 0.15) is 12.3 Å². The minimum atomic E-state index is -0.273. The number of ether oxygens (including phenoxy) is 2. The van der Waals surface area contributed by atoms with E-state index in [2.05, 4.69) is 15.2 Å². The monoisotopic (exact) mass is 404 g/mol. The summed E-state index contributed by atoms with van der Waals surface area (Å²) in [4.78, 5) is 32.8. The van der Waals surface area contributed by atoms with Crippen LogP contribution in [0.25, 0.3) is 0 Å². The van der Waals surface area contributed by atoms with Crippen molar-refractivity contribution < 1.29 is 19.1 Å². The van der Waals surface area contributed by atoms with Crippen LogP contribution in [0.2, 0.25) is 0 Å². The summed E-state index contributed by atoms with van der Waals surface area (Å²) in [5.74, 6) is 0.118. The Morgan fingerprint density at radius 2 is 2.04 bits per heavy atom. The average molecular weight is 404 g/mol. The van der Waals surface area contributed by atoms with Gasteiger partial charge in [-0.3, -0.25) is 14.5 Å². The van der Waals surface area contributed by atoms with Crippen molar-refractivity contribution in [2.75, 3.05) is 57.9 Å². The van der Waals surface area contributed by atoms with Crippen molar-refractivity contribution in [3.63, 3.8) is 0 Å². The molecule has 0 atom stereocenters. The number of carbonyl (C=O) groups excluding carboxylic acids is 2. The predicted molar refractivity (Wildman–Crippen MR) is 107 cm³/mol. The van der Waals surface area contributed by atoms with Crippen molar-refractivity contribution in [2.24, 2.45) is 0 Å². The molecule has 150 valence electrons. The van der Waals surface area contributed by atoms with Crippen LogP contribution >= 0.6 is 11.3 Å². The molecule has 1 aliphatic heterocycles. The van der Waals surface area contributed by atoms with Gasteiger partial charge in [0.25, 0.3) is 5.91 Å². The Kier molecular flexibility index (Phi) is 7.77. The Labute approximate surface area is 168 Å². The molecule has 1 aromatic carbocycles. The molecular formula is C19H24N4O4S. The second-order valence-electron chi connectivity index (χ2n) is 6.26. The molecule has 1 saturated heterocycles. The number of anilines is 1. The number of benzene rings is 1. The Hall–Kier alpha value is -2.49. The first-order valence-electron chi connectivity index (χ1n) is 9.16. The highest BCUT2D eigenvalue weighted by Gasteiger charge is 2.20. The van der Waals surface area contributed by atoms with Gasteiger partial charge in [0, 0.05) is 37.8 Å². The number of morpholine rings is 1. The Bertz CT molecular complexity index is 736. The molecule has 28 heavy (non-hydrogen) atoms. The Morgan fingerprint density at radius 3 is 2.75 bits per heavy atom. The molecule has 1 aromatic heterocycles. The van der Waals surface area contributed by atoms with Crippen LogP contribution in [0.15, 0.2) is 41.9 Å². The predicted octanol–water partition coefficient (Wildman–Crippen LogP) is 1.32.